The van der Waals surface area contributed by atoms with Crippen LogP contribution in [-0.2, 0) is 14.2 Å². The van der Waals surface area contributed by atoms with E-state index in [2.05, 4.69) is 13.8 Å². The highest BCUT2D eigenvalue weighted by Crippen LogP contribution is 2.28. The van der Waals surface area contributed by atoms with Gasteiger partial charge in [-0.25, -0.2) is 9.59 Å². The van der Waals surface area contributed by atoms with Crippen LogP contribution in [0, 0.1) is 11.8 Å². The third-order valence-corrected chi connectivity index (χ3v) is 6.85. The maximum Gasteiger partial charge on any atom is 0.343 e. The van der Waals surface area contributed by atoms with E-state index in [4.69, 9.17) is 18.9 Å². The van der Waals surface area contributed by atoms with Gasteiger partial charge in [0, 0.05) is 11.5 Å². The molecule has 0 radical (unpaired) electrons. The Bertz CT molecular complexity index is 945. The fraction of sp³-hybridized carbons (Fsp3) is 0.548. The van der Waals surface area contributed by atoms with Crippen LogP contribution in [0.25, 0.3) is 0 Å². The Labute approximate surface area is 221 Å². The van der Waals surface area contributed by atoms with Crippen molar-refractivity contribution in [2.24, 2.45) is 11.8 Å². The van der Waals surface area contributed by atoms with Gasteiger partial charge in [0.05, 0.1) is 30.9 Å². The summed E-state index contributed by atoms with van der Waals surface area (Å²) in [5.74, 6) is 0.282. The van der Waals surface area contributed by atoms with E-state index in [0.29, 0.717) is 48.5 Å². The summed E-state index contributed by atoms with van der Waals surface area (Å²) >= 11 is 0. The molecule has 0 bridgehead atoms. The Kier molecular flexibility index (Phi) is 12.1. The van der Waals surface area contributed by atoms with Gasteiger partial charge in [0.2, 0.25) is 0 Å². The highest BCUT2D eigenvalue weighted by Gasteiger charge is 2.23. The smallest absolute Gasteiger partial charge is 0.343 e. The second-order valence-corrected chi connectivity index (χ2v) is 10.1. The normalized spacial score (nSPS) is 18.2. The molecule has 6 heteroatoms. The molecule has 1 atom stereocenters. The summed E-state index contributed by atoms with van der Waals surface area (Å²) < 4.78 is 22.7. The third-order valence-electron chi connectivity index (χ3n) is 6.85. The largest absolute Gasteiger partial charge is 0.462 e. The first-order chi connectivity index (χ1) is 18.0. The van der Waals surface area contributed by atoms with Gasteiger partial charge >= 0.3 is 11.9 Å². The van der Waals surface area contributed by atoms with Gasteiger partial charge in [0.15, 0.2) is 6.29 Å². The molecule has 1 aliphatic heterocycles. The lowest BCUT2D eigenvalue weighted by atomic mass is 10.0. The van der Waals surface area contributed by atoms with Gasteiger partial charge < -0.3 is 18.9 Å². The second kappa shape index (κ2) is 15.5. The number of unbranched alkanes of at least 4 members (excludes halogenated alkanes) is 5. The van der Waals surface area contributed by atoms with Gasteiger partial charge in [-0.2, -0.15) is 0 Å². The minimum atomic E-state index is -0.469. The van der Waals surface area contributed by atoms with E-state index in [0.717, 1.165) is 18.4 Å². The molecule has 2 aromatic rings. The van der Waals surface area contributed by atoms with Crippen molar-refractivity contribution in [2.75, 3.05) is 19.8 Å². The second-order valence-electron chi connectivity index (χ2n) is 10.1. The van der Waals surface area contributed by atoms with E-state index in [-0.39, 0.29) is 5.97 Å². The molecule has 1 aliphatic rings. The van der Waals surface area contributed by atoms with E-state index in [9.17, 15) is 9.59 Å². The third kappa shape index (κ3) is 9.60. The van der Waals surface area contributed by atoms with Crippen molar-refractivity contribution in [3.05, 3.63) is 65.2 Å². The van der Waals surface area contributed by atoms with Gasteiger partial charge in [-0.1, -0.05) is 77.8 Å². The Morgan fingerprint density at radius 2 is 1.43 bits per heavy atom. The van der Waals surface area contributed by atoms with Crippen LogP contribution >= 0.6 is 0 Å². The zero-order valence-corrected chi connectivity index (χ0v) is 22.6. The number of benzene rings is 2. The van der Waals surface area contributed by atoms with Crippen LogP contribution in [0.2, 0.25) is 0 Å². The summed E-state index contributed by atoms with van der Waals surface area (Å²) in [6.45, 7) is 8.11. The van der Waals surface area contributed by atoms with Crippen molar-refractivity contribution in [1.29, 1.82) is 0 Å². The molecule has 0 N–H and O–H groups in total. The van der Waals surface area contributed by atoms with Gasteiger partial charge in [0.25, 0.3) is 0 Å². The molecule has 6 nitrogen and oxygen atoms in total. The van der Waals surface area contributed by atoms with Crippen molar-refractivity contribution in [1.82, 2.24) is 0 Å². The molecule has 1 unspecified atom stereocenters. The summed E-state index contributed by atoms with van der Waals surface area (Å²) in [5, 5.41) is 0. The van der Waals surface area contributed by atoms with Crippen LogP contribution < -0.4 is 4.74 Å². The van der Waals surface area contributed by atoms with Crippen molar-refractivity contribution in [3.8, 4) is 5.75 Å². The predicted molar refractivity (Wildman–Crippen MR) is 144 cm³/mol. The van der Waals surface area contributed by atoms with Crippen LogP contribution in [0.5, 0.6) is 5.75 Å². The number of esters is 2. The first-order valence-corrected chi connectivity index (χ1v) is 13.8. The zero-order chi connectivity index (χ0) is 26.5. The Hall–Kier alpha value is -2.70. The monoisotopic (exact) mass is 510 g/mol. The molecule has 2 aromatic carbocycles. The van der Waals surface area contributed by atoms with Gasteiger partial charge in [-0.05, 0) is 48.7 Å². The molecular weight excluding hydrogens is 468 g/mol. The lowest BCUT2D eigenvalue weighted by Gasteiger charge is -2.29. The van der Waals surface area contributed by atoms with Gasteiger partial charge in [-0.3, -0.25) is 0 Å². The van der Waals surface area contributed by atoms with Crippen molar-refractivity contribution >= 4 is 11.9 Å². The molecule has 1 heterocycles. The first-order valence-electron chi connectivity index (χ1n) is 13.8. The Morgan fingerprint density at radius 3 is 2.08 bits per heavy atom. The Morgan fingerprint density at radius 1 is 0.838 bits per heavy atom. The summed E-state index contributed by atoms with van der Waals surface area (Å²) in [6, 6.07) is 13.5. The molecule has 1 fully saturated rings. The molecule has 37 heavy (non-hydrogen) atoms. The number of ether oxygens (including phenoxy) is 4. The highest BCUT2D eigenvalue weighted by atomic mass is 16.7. The maximum absolute atomic E-state index is 12.6. The van der Waals surface area contributed by atoms with Crippen LogP contribution in [0.1, 0.15) is 105 Å². The first kappa shape index (κ1) is 28.9. The summed E-state index contributed by atoms with van der Waals surface area (Å²) in [7, 11) is 0. The average Bonchev–Trinajstić information content (AvgIpc) is 2.94. The van der Waals surface area contributed by atoms with Crippen molar-refractivity contribution in [2.45, 2.75) is 78.4 Å². The molecule has 0 aromatic heterocycles. The van der Waals surface area contributed by atoms with E-state index >= 15 is 0 Å². The summed E-state index contributed by atoms with van der Waals surface area (Å²) in [6.07, 6.45) is 9.46. The predicted octanol–water partition coefficient (Wildman–Crippen LogP) is 7.52. The quantitative estimate of drug-likeness (QED) is 0.149. The SMILES string of the molecule is CCCCCCCCC1COC(c2ccc(C(=O)Oc3ccc(C(=O)OCC(C)CC)cc3)cc2)OC1. The molecule has 0 aliphatic carbocycles. The average molecular weight is 511 g/mol. The molecule has 1 saturated heterocycles. The van der Waals surface area contributed by atoms with Crippen LogP contribution in [0.4, 0.5) is 0 Å². The number of carbonyl (C=O) groups excluding carboxylic acids is 2. The van der Waals surface area contributed by atoms with Crippen LogP contribution in [-0.4, -0.2) is 31.8 Å². The Balaban J connectivity index is 1.41. The minimum absolute atomic E-state index is 0.318. The number of hydrogen-bond acceptors (Lipinski definition) is 6. The molecule has 202 valence electrons. The lowest BCUT2D eigenvalue weighted by molar-refractivity contribution is -0.206. The van der Waals surface area contributed by atoms with Gasteiger partial charge in [-0.15, -0.1) is 0 Å². The fourth-order valence-corrected chi connectivity index (χ4v) is 4.14. The van der Waals surface area contributed by atoms with E-state index in [1.54, 1.807) is 36.4 Å². The molecular formula is C31H42O6. The summed E-state index contributed by atoms with van der Waals surface area (Å²) in [4.78, 5) is 24.7. The minimum Gasteiger partial charge on any atom is -0.462 e. The number of carbonyl (C=O) groups is 2. The standard InChI is InChI=1S/C31H42O6/c1-4-6-7-8-9-10-11-24-21-35-31(36-22-24)27-14-12-26(13-15-27)30(33)37-28-18-16-25(17-19-28)29(32)34-20-23(3)5-2/h12-19,23-24,31H,4-11,20-22H2,1-3H3. The maximum atomic E-state index is 12.6. The van der Waals surface area contributed by atoms with E-state index < -0.39 is 12.3 Å². The van der Waals surface area contributed by atoms with Crippen molar-refractivity contribution in [3.63, 3.8) is 0 Å². The molecule has 0 amide bonds. The van der Waals surface area contributed by atoms with Crippen LogP contribution in [0.3, 0.4) is 0 Å². The summed E-state index contributed by atoms with van der Waals surface area (Å²) in [5.41, 5.74) is 1.74. The fourth-order valence-electron chi connectivity index (χ4n) is 4.14. The zero-order valence-electron chi connectivity index (χ0n) is 22.6. The van der Waals surface area contributed by atoms with Crippen molar-refractivity contribution < 1.29 is 28.5 Å². The van der Waals surface area contributed by atoms with E-state index in [1.165, 1.54) is 38.5 Å². The highest BCUT2D eigenvalue weighted by molar-refractivity contribution is 5.92. The topological polar surface area (TPSA) is 71.1 Å². The molecule has 0 spiro atoms. The molecule has 3 rings (SSSR count). The lowest BCUT2D eigenvalue weighted by Crippen LogP contribution is -2.27. The van der Waals surface area contributed by atoms with Gasteiger partial charge in [0.1, 0.15) is 5.75 Å². The van der Waals surface area contributed by atoms with E-state index in [1.807, 2.05) is 19.1 Å². The number of hydrogen-bond donors (Lipinski definition) is 0. The number of rotatable bonds is 14. The molecule has 0 saturated carbocycles. The van der Waals surface area contributed by atoms with Crippen LogP contribution in [0.15, 0.2) is 48.5 Å².